The molecule has 1 saturated heterocycles. The van der Waals surface area contributed by atoms with Crippen LogP contribution in [0.4, 0.5) is 38.0 Å². The van der Waals surface area contributed by atoms with Crippen molar-refractivity contribution in [3.8, 4) is 21.8 Å². The zero-order valence-corrected chi connectivity index (χ0v) is 25.9. The number of halogens is 6. The SMILES string of the molecule is O=S1(=O)CCC(Nc2nccc(-c3sc(C4(C(F)(F)F)CC4)nc3-c3cccc(NS(=O)(=O)c4c(F)cccc4F)c3F)n2)CC1. The first-order chi connectivity index (χ1) is 21.6. The van der Waals surface area contributed by atoms with Crippen molar-refractivity contribution in [2.75, 3.05) is 21.5 Å². The van der Waals surface area contributed by atoms with Crippen LogP contribution < -0.4 is 10.0 Å². The molecule has 244 valence electrons. The molecule has 18 heteroatoms. The van der Waals surface area contributed by atoms with E-state index in [2.05, 4.69) is 20.3 Å². The molecular weight excluding hydrogens is 681 g/mol. The average Bonchev–Trinajstić information content (AvgIpc) is 3.69. The minimum absolute atomic E-state index is 0.0289. The molecule has 1 saturated carbocycles. The van der Waals surface area contributed by atoms with Crippen molar-refractivity contribution in [1.82, 2.24) is 15.0 Å². The van der Waals surface area contributed by atoms with Crippen molar-refractivity contribution in [2.45, 2.75) is 48.2 Å². The van der Waals surface area contributed by atoms with Crippen molar-refractivity contribution in [2.24, 2.45) is 0 Å². The zero-order valence-electron chi connectivity index (χ0n) is 23.4. The van der Waals surface area contributed by atoms with E-state index < -0.39 is 65.0 Å². The summed E-state index contributed by atoms with van der Waals surface area (Å²) in [6.07, 6.45) is -3.20. The second-order valence-corrected chi connectivity index (χ2v) is 15.9. The quantitative estimate of drug-likeness (QED) is 0.212. The van der Waals surface area contributed by atoms with Crippen LogP contribution in [0.15, 0.2) is 53.6 Å². The van der Waals surface area contributed by atoms with Crippen molar-refractivity contribution in [3.63, 3.8) is 0 Å². The van der Waals surface area contributed by atoms with Gasteiger partial charge in [0.15, 0.2) is 10.7 Å². The number of sulfonamides is 1. The van der Waals surface area contributed by atoms with Crippen LogP contribution in [0.2, 0.25) is 0 Å². The lowest BCUT2D eigenvalue weighted by Gasteiger charge is -2.23. The highest BCUT2D eigenvalue weighted by Crippen LogP contribution is 2.61. The monoisotopic (exact) mass is 703 g/mol. The van der Waals surface area contributed by atoms with E-state index in [1.807, 2.05) is 4.72 Å². The number of hydrogen-bond donors (Lipinski definition) is 2. The lowest BCUT2D eigenvalue weighted by molar-refractivity contribution is -0.160. The Morgan fingerprint density at radius 3 is 2.22 bits per heavy atom. The van der Waals surface area contributed by atoms with Gasteiger partial charge in [0, 0.05) is 17.8 Å². The van der Waals surface area contributed by atoms with E-state index in [0.29, 0.717) is 36.3 Å². The van der Waals surface area contributed by atoms with E-state index in [0.717, 1.165) is 12.1 Å². The standard InChI is InChI=1S/C28H23F6N5O4S3/c29-17-4-2-5-18(30)24(17)46(42,43)39-19-6-1-3-16(21(19)31)22-23(44-25(38-22)27(10-11-27)28(32,33)34)20-7-12-35-26(37-20)36-15-8-13-45(40,41)14-9-15/h1-7,12,15,39H,8-11,13-14H2,(H,35,36,37). The molecule has 4 aromatic rings. The second kappa shape index (κ2) is 11.5. The maximum atomic E-state index is 16.0. The molecule has 2 fully saturated rings. The van der Waals surface area contributed by atoms with E-state index in [-0.39, 0.29) is 57.6 Å². The minimum Gasteiger partial charge on any atom is -0.351 e. The fourth-order valence-electron chi connectivity index (χ4n) is 5.12. The number of thiazole rings is 1. The number of sulfone groups is 1. The zero-order chi connectivity index (χ0) is 33.1. The Bertz CT molecular complexity index is 2020. The molecule has 0 amide bonds. The number of rotatable bonds is 8. The summed E-state index contributed by atoms with van der Waals surface area (Å²) in [6.45, 7) is 0. The van der Waals surface area contributed by atoms with Crippen molar-refractivity contribution in [3.05, 3.63) is 71.1 Å². The molecule has 1 aliphatic carbocycles. The van der Waals surface area contributed by atoms with E-state index in [4.69, 9.17) is 0 Å². The van der Waals surface area contributed by atoms with Crippen LogP contribution in [-0.2, 0) is 25.3 Å². The van der Waals surface area contributed by atoms with Gasteiger partial charge in [-0.1, -0.05) is 12.1 Å². The summed E-state index contributed by atoms with van der Waals surface area (Å²) in [6, 6.07) is 6.84. The van der Waals surface area contributed by atoms with Crippen LogP contribution in [-0.4, -0.2) is 55.5 Å². The fourth-order valence-corrected chi connectivity index (χ4v) is 9.13. The van der Waals surface area contributed by atoms with Gasteiger partial charge in [0.25, 0.3) is 10.0 Å². The number of nitrogens with zero attached hydrogens (tertiary/aromatic N) is 3. The van der Waals surface area contributed by atoms with Gasteiger partial charge in [0.05, 0.1) is 33.5 Å². The van der Waals surface area contributed by atoms with Gasteiger partial charge >= 0.3 is 6.18 Å². The van der Waals surface area contributed by atoms with E-state index in [1.165, 1.54) is 24.4 Å². The van der Waals surface area contributed by atoms with E-state index in [9.17, 15) is 38.8 Å². The molecule has 0 atom stereocenters. The van der Waals surface area contributed by atoms with E-state index in [1.54, 1.807) is 0 Å². The highest BCUT2D eigenvalue weighted by Gasteiger charge is 2.66. The van der Waals surface area contributed by atoms with Crippen LogP contribution >= 0.6 is 11.3 Å². The molecule has 1 aliphatic heterocycles. The maximum Gasteiger partial charge on any atom is 0.400 e. The molecule has 0 spiro atoms. The predicted molar refractivity (Wildman–Crippen MR) is 158 cm³/mol. The molecule has 0 unspecified atom stereocenters. The molecule has 2 aromatic carbocycles. The highest BCUT2D eigenvalue weighted by atomic mass is 32.2. The lowest BCUT2D eigenvalue weighted by Crippen LogP contribution is -2.32. The third kappa shape index (κ3) is 6.04. The van der Waals surface area contributed by atoms with Gasteiger partial charge in [0.2, 0.25) is 5.95 Å². The van der Waals surface area contributed by atoms with Gasteiger partial charge in [-0.25, -0.2) is 45.0 Å². The number of nitrogens with one attached hydrogen (secondary N) is 2. The second-order valence-electron chi connectivity index (χ2n) is 10.9. The van der Waals surface area contributed by atoms with Crippen molar-refractivity contribution < 1.29 is 43.2 Å². The van der Waals surface area contributed by atoms with Crippen LogP contribution in [0, 0.1) is 17.5 Å². The Labute approximate surface area is 263 Å². The molecule has 2 aliphatic rings. The molecule has 3 heterocycles. The molecule has 6 rings (SSSR count). The largest absolute Gasteiger partial charge is 0.400 e. The van der Waals surface area contributed by atoms with E-state index >= 15 is 4.39 Å². The van der Waals surface area contributed by atoms with Gasteiger partial charge in [-0.2, -0.15) is 13.2 Å². The molecule has 0 radical (unpaired) electrons. The fraction of sp³-hybridized carbons (Fsp3) is 0.321. The smallest absolute Gasteiger partial charge is 0.351 e. The van der Waals surface area contributed by atoms with Crippen LogP contribution in [0.3, 0.4) is 0 Å². The summed E-state index contributed by atoms with van der Waals surface area (Å²) in [7, 11) is -8.13. The summed E-state index contributed by atoms with van der Waals surface area (Å²) in [4.78, 5) is 11.5. The van der Waals surface area contributed by atoms with Gasteiger partial charge in [0.1, 0.15) is 31.9 Å². The van der Waals surface area contributed by atoms with Gasteiger partial charge in [-0.3, -0.25) is 4.72 Å². The molecule has 2 aromatic heterocycles. The summed E-state index contributed by atoms with van der Waals surface area (Å²) in [5, 5.41) is 2.70. The Morgan fingerprint density at radius 2 is 1.59 bits per heavy atom. The van der Waals surface area contributed by atoms with Crippen LogP contribution in [0.25, 0.3) is 21.8 Å². The van der Waals surface area contributed by atoms with Crippen molar-refractivity contribution in [1.29, 1.82) is 0 Å². The Kier molecular flexibility index (Phi) is 8.03. The summed E-state index contributed by atoms with van der Waals surface area (Å²) >= 11 is 0.654. The molecule has 0 bridgehead atoms. The third-order valence-corrected chi connectivity index (χ3v) is 12.2. The average molecular weight is 704 g/mol. The molecule has 9 nitrogen and oxygen atoms in total. The molecule has 2 N–H and O–H groups in total. The third-order valence-electron chi connectivity index (χ3n) is 7.79. The predicted octanol–water partition coefficient (Wildman–Crippen LogP) is 6.07. The first kappa shape index (κ1) is 32.2. The first-order valence-corrected chi connectivity index (χ1v) is 17.9. The van der Waals surface area contributed by atoms with Gasteiger partial charge in [-0.05, 0) is 56.0 Å². The molecule has 46 heavy (non-hydrogen) atoms. The topological polar surface area (TPSA) is 131 Å². The summed E-state index contributed by atoms with van der Waals surface area (Å²) in [5.41, 5.74) is -3.55. The number of hydrogen-bond acceptors (Lipinski definition) is 9. The molecular formula is C28H23F6N5O4S3. The van der Waals surface area contributed by atoms with Gasteiger partial charge < -0.3 is 5.32 Å². The Morgan fingerprint density at radius 1 is 0.935 bits per heavy atom. The summed E-state index contributed by atoms with van der Waals surface area (Å²) in [5.74, 6) is -4.09. The van der Waals surface area contributed by atoms with Gasteiger partial charge in [-0.15, -0.1) is 11.3 Å². The Balaban J connectivity index is 1.41. The van der Waals surface area contributed by atoms with Crippen LogP contribution in [0.5, 0.6) is 0 Å². The Hall–Kier alpha value is -3.77. The lowest BCUT2D eigenvalue weighted by atomic mass is 10.1. The van der Waals surface area contributed by atoms with Crippen LogP contribution in [0.1, 0.15) is 30.7 Å². The minimum atomic E-state index is -4.99. The maximum absolute atomic E-state index is 16.0. The number of aromatic nitrogens is 3. The highest BCUT2D eigenvalue weighted by molar-refractivity contribution is 7.92. The van der Waals surface area contributed by atoms with Crippen molar-refractivity contribution >= 4 is 42.8 Å². The normalized spacial score (nSPS) is 17.9. The summed E-state index contributed by atoms with van der Waals surface area (Å²) < 4.78 is 138. The number of benzene rings is 2. The number of anilines is 2. The first-order valence-electron chi connectivity index (χ1n) is 13.7. The number of alkyl halides is 3.